The maximum Gasteiger partial charge on any atom is 0.263 e. The monoisotopic (exact) mass is 358 g/mol. The smallest absolute Gasteiger partial charge is 0.263 e. The van der Waals surface area contributed by atoms with Crippen LogP contribution in [0.4, 0.5) is 0 Å². The van der Waals surface area contributed by atoms with Gasteiger partial charge in [-0.15, -0.1) is 0 Å². The largest absolute Gasteiger partial charge is 0.383 e. The van der Waals surface area contributed by atoms with Crippen LogP contribution in [0.2, 0.25) is 0 Å². The molecule has 0 bridgehead atoms. The van der Waals surface area contributed by atoms with E-state index >= 15 is 0 Å². The zero-order chi connectivity index (χ0) is 18.2. The number of carbonyl (C=O) groups excluding carboxylic acids is 1. The van der Waals surface area contributed by atoms with Crippen molar-refractivity contribution in [3.8, 4) is 6.07 Å². The SMILES string of the molecule is COCCNC(=O)/C(C#N)=C\N(CCN(C)C)C1CCS(=O)(=O)C1. The molecule has 9 heteroatoms. The number of nitrogens with one attached hydrogen (secondary N) is 1. The van der Waals surface area contributed by atoms with E-state index in [0.717, 1.165) is 0 Å². The number of carbonyl (C=O) groups is 1. The van der Waals surface area contributed by atoms with Crippen molar-refractivity contribution in [3.05, 3.63) is 11.8 Å². The average Bonchev–Trinajstić information content (AvgIpc) is 2.87. The Bertz CT molecular complexity index is 595. The van der Waals surface area contributed by atoms with E-state index in [0.29, 0.717) is 32.7 Å². The number of methoxy groups -OCH3 is 1. The molecule has 1 aliphatic heterocycles. The number of hydrogen-bond acceptors (Lipinski definition) is 7. The van der Waals surface area contributed by atoms with Gasteiger partial charge in [0.2, 0.25) is 0 Å². The Hall–Kier alpha value is -1.63. The van der Waals surface area contributed by atoms with E-state index in [1.165, 1.54) is 13.3 Å². The lowest BCUT2D eigenvalue weighted by atomic mass is 10.2. The van der Waals surface area contributed by atoms with E-state index in [4.69, 9.17) is 4.74 Å². The summed E-state index contributed by atoms with van der Waals surface area (Å²) in [6.45, 7) is 1.90. The first-order valence-corrected chi connectivity index (χ1v) is 9.61. The van der Waals surface area contributed by atoms with Gasteiger partial charge in [0.25, 0.3) is 5.91 Å². The average molecular weight is 358 g/mol. The number of amides is 1. The molecule has 1 unspecified atom stereocenters. The minimum atomic E-state index is -3.04. The molecule has 0 aromatic carbocycles. The predicted molar refractivity (Wildman–Crippen MR) is 90.9 cm³/mol. The Morgan fingerprint density at radius 3 is 2.62 bits per heavy atom. The van der Waals surface area contributed by atoms with Crippen molar-refractivity contribution in [2.45, 2.75) is 12.5 Å². The fourth-order valence-corrected chi connectivity index (χ4v) is 4.11. The van der Waals surface area contributed by atoms with Crippen molar-refractivity contribution in [2.75, 3.05) is 59.0 Å². The molecule has 1 saturated heterocycles. The van der Waals surface area contributed by atoms with Crippen LogP contribution in [0, 0.1) is 11.3 Å². The van der Waals surface area contributed by atoms with Crippen molar-refractivity contribution in [1.82, 2.24) is 15.1 Å². The Morgan fingerprint density at radius 1 is 1.42 bits per heavy atom. The lowest BCUT2D eigenvalue weighted by Gasteiger charge is -2.28. The number of rotatable bonds is 9. The van der Waals surface area contributed by atoms with Crippen LogP contribution in [-0.2, 0) is 19.4 Å². The second-order valence-corrected chi connectivity index (χ2v) is 8.23. The van der Waals surface area contributed by atoms with E-state index < -0.39 is 15.7 Å². The normalized spacial score (nSPS) is 20.0. The highest BCUT2D eigenvalue weighted by atomic mass is 32.2. The molecule has 1 amide bonds. The van der Waals surface area contributed by atoms with Crippen LogP contribution in [0.25, 0.3) is 0 Å². The zero-order valence-electron chi connectivity index (χ0n) is 14.5. The first-order chi connectivity index (χ1) is 11.3. The molecule has 1 heterocycles. The van der Waals surface area contributed by atoms with Gasteiger partial charge < -0.3 is 19.9 Å². The number of ether oxygens (including phenoxy) is 1. The van der Waals surface area contributed by atoms with Crippen LogP contribution in [0.5, 0.6) is 0 Å². The second kappa shape index (κ2) is 9.61. The van der Waals surface area contributed by atoms with Crippen LogP contribution >= 0.6 is 0 Å². The standard InChI is InChI=1S/C15H26N4O4S/c1-18(2)6-7-19(14-4-9-24(21,22)12-14)11-13(10-16)15(20)17-5-8-23-3/h11,14H,4-9,12H2,1-3H3,(H,17,20)/b13-11-. The highest BCUT2D eigenvalue weighted by Gasteiger charge is 2.31. The van der Waals surface area contributed by atoms with Gasteiger partial charge in [-0.05, 0) is 20.5 Å². The molecule has 0 aliphatic carbocycles. The maximum absolute atomic E-state index is 12.1. The predicted octanol–water partition coefficient (Wildman–Crippen LogP) is -0.793. The molecular weight excluding hydrogens is 332 g/mol. The van der Waals surface area contributed by atoms with E-state index in [2.05, 4.69) is 5.32 Å². The van der Waals surface area contributed by atoms with Gasteiger partial charge in [0.05, 0.1) is 18.1 Å². The van der Waals surface area contributed by atoms with E-state index in [-0.39, 0.29) is 23.1 Å². The minimum Gasteiger partial charge on any atom is -0.383 e. The summed E-state index contributed by atoms with van der Waals surface area (Å²) in [7, 11) is 2.31. The van der Waals surface area contributed by atoms with E-state index in [1.807, 2.05) is 25.1 Å². The molecule has 1 fully saturated rings. The Labute approximate surface area is 144 Å². The third-order valence-corrected chi connectivity index (χ3v) is 5.48. The molecule has 8 nitrogen and oxygen atoms in total. The number of nitrogens with zero attached hydrogens (tertiary/aromatic N) is 3. The van der Waals surface area contributed by atoms with Crippen LogP contribution in [0.3, 0.4) is 0 Å². The van der Waals surface area contributed by atoms with Crippen molar-refractivity contribution in [3.63, 3.8) is 0 Å². The summed E-state index contributed by atoms with van der Waals surface area (Å²) in [5.41, 5.74) is -0.0332. The summed E-state index contributed by atoms with van der Waals surface area (Å²) in [6.07, 6.45) is 1.99. The molecule has 1 aliphatic rings. The first kappa shape index (κ1) is 20.4. The van der Waals surface area contributed by atoms with Gasteiger partial charge in [-0.25, -0.2) is 8.42 Å². The molecule has 1 N–H and O–H groups in total. The van der Waals surface area contributed by atoms with Crippen molar-refractivity contribution < 1.29 is 17.9 Å². The Kier molecular flexibility index (Phi) is 8.18. The molecule has 0 aromatic heterocycles. The van der Waals surface area contributed by atoms with Gasteiger partial charge in [0, 0.05) is 39.0 Å². The summed E-state index contributed by atoms with van der Waals surface area (Å²) in [5, 5.41) is 11.9. The fourth-order valence-electron chi connectivity index (χ4n) is 2.37. The highest BCUT2D eigenvalue weighted by Crippen LogP contribution is 2.19. The summed E-state index contributed by atoms with van der Waals surface area (Å²) in [6, 6.07) is 1.69. The summed E-state index contributed by atoms with van der Waals surface area (Å²) < 4.78 is 28.3. The molecule has 0 radical (unpaired) electrons. The number of nitriles is 1. The lowest BCUT2D eigenvalue weighted by Crippen LogP contribution is -2.38. The minimum absolute atomic E-state index is 0.0332. The Morgan fingerprint density at radius 2 is 2.12 bits per heavy atom. The zero-order valence-corrected chi connectivity index (χ0v) is 15.3. The molecule has 1 rings (SSSR count). The van der Waals surface area contributed by atoms with E-state index in [1.54, 1.807) is 4.90 Å². The summed E-state index contributed by atoms with van der Waals surface area (Å²) in [4.78, 5) is 15.8. The first-order valence-electron chi connectivity index (χ1n) is 7.79. The quantitative estimate of drug-likeness (QED) is 0.327. The second-order valence-electron chi connectivity index (χ2n) is 6.00. The molecule has 0 aromatic rings. The molecule has 0 spiro atoms. The van der Waals surface area contributed by atoms with Gasteiger partial charge in [-0.3, -0.25) is 4.79 Å². The van der Waals surface area contributed by atoms with Gasteiger partial charge in [0.15, 0.2) is 9.84 Å². The molecule has 136 valence electrons. The van der Waals surface area contributed by atoms with Gasteiger partial charge in [0.1, 0.15) is 11.6 Å². The van der Waals surface area contributed by atoms with E-state index in [9.17, 15) is 18.5 Å². The van der Waals surface area contributed by atoms with Crippen LogP contribution < -0.4 is 5.32 Å². The topological polar surface area (TPSA) is 103 Å². The maximum atomic E-state index is 12.1. The molecule has 1 atom stereocenters. The lowest BCUT2D eigenvalue weighted by molar-refractivity contribution is -0.117. The number of sulfone groups is 1. The third-order valence-electron chi connectivity index (χ3n) is 3.73. The van der Waals surface area contributed by atoms with Crippen molar-refractivity contribution in [1.29, 1.82) is 5.26 Å². The van der Waals surface area contributed by atoms with Gasteiger partial charge >= 0.3 is 0 Å². The highest BCUT2D eigenvalue weighted by molar-refractivity contribution is 7.91. The molecule has 24 heavy (non-hydrogen) atoms. The van der Waals surface area contributed by atoms with Crippen LogP contribution in [0.15, 0.2) is 11.8 Å². The third kappa shape index (κ3) is 6.86. The van der Waals surface area contributed by atoms with Crippen LogP contribution in [-0.4, -0.2) is 89.1 Å². The van der Waals surface area contributed by atoms with Gasteiger partial charge in [-0.2, -0.15) is 5.26 Å². The molecule has 0 saturated carbocycles. The van der Waals surface area contributed by atoms with Crippen molar-refractivity contribution >= 4 is 15.7 Å². The van der Waals surface area contributed by atoms with Crippen molar-refractivity contribution in [2.24, 2.45) is 0 Å². The summed E-state index contributed by atoms with van der Waals surface area (Å²) in [5.74, 6) is -0.280. The Balaban J connectivity index is 2.87. The number of hydrogen-bond donors (Lipinski definition) is 1. The fraction of sp³-hybridized carbons (Fsp3) is 0.733. The van der Waals surface area contributed by atoms with Gasteiger partial charge in [-0.1, -0.05) is 0 Å². The van der Waals surface area contributed by atoms with Crippen LogP contribution in [0.1, 0.15) is 6.42 Å². The summed E-state index contributed by atoms with van der Waals surface area (Å²) >= 11 is 0. The number of likely N-dealkylation sites (N-methyl/N-ethyl adjacent to an activating group) is 1. The molecular formula is C15H26N4O4S.